The zero-order chi connectivity index (χ0) is 14.2. The van der Waals surface area contributed by atoms with Crippen molar-refractivity contribution in [3.05, 3.63) is 23.5 Å². The molecule has 6 nitrogen and oxygen atoms in total. The van der Waals surface area contributed by atoms with Gasteiger partial charge in [0.05, 0.1) is 11.3 Å². The summed E-state index contributed by atoms with van der Waals surface area (Å²) in [6.45, 7) is 4.26. The van der Waals surface area contributed by atoms with Crippen molar-refractivity contribution >= 4 is 16.9 Å². The summed E-state index contributed by atoms with van der Waals surface area (Å²) < 4.78 is 1.71. The first-order chi connectivity index (χ1) is 8.95. The Morgan fingerprint density at radius 2 is 2.26 bits per heavy atom. The second kappa shape index (κ2) is 4.97. The molecule has 0 aliphatic carbocycles. The van der Waals surface area contributed by atoms with Crippen LogP contribution in [0.15, 0.2) is 12.3 Å². The molecule has 2 aromatic rings. The van der Waals surface area contributed by atoms with Crippen molar-refractivity contribution in [2.75, 3.05) is 13.6 Å². The fraction of sp³-hybridized carbons (Fsp3) is 0.462. The first kappa shape index (κ1) is 13.5. The van der Waals surface area contributed by atoms with Gasteiger partial charge in [-0.3, -0.25) is 9.48 Å². The number of amides is 1. The average molecular weight is 261 g/mol. The van der Waals surface area contributed by atoms with Crippen molar-refractivity contribution in [2.24, 2.45) is 12.8 Å². The van der Waals surface area contributed by atoms with Gasteiger partial charge in [0.2, 0.25) is 0 Å². The van der Waals surface area contributed by atoms with E-state index in [-0.39, 0.29) is 11.9 Å². The SMILES string of the molecule is Cc1nn(C)c2ncc(C(=O)N(C)C(C)CN)cc12. The highest BCUT2D eigenvalue weighted by molar-refractivity contribution is 5.97. The number of carbonyl (C=O) groups is 1. The minimum Gasteiger partial charge on any atom is -0.338 e. The van der Waals surface area contributed by atoms with E-state index in [0.717, 1.165) is 16.7 Å². The fourth-order valence-corrected chi connectivity index (χ4v) is 1.99. The molecule has 0 saturated heterocycles. The van der Waals surface area contributed by atoms with Gasteiger partial charge in [0.15, 0.2) is 5.65 Å². The van der Waals surface area contributed by atoms with Crippen LogP contribution in [0.2, 0.25) is 0 Å². The van der Waals surface area contributed by atoms with E-state index < -0.39 is 0 Å². The van der Waals surface area contributed by atoms with Crippen molar-refractivity contribution in [3.8, 4) is 0 Å². The van der Waals surface area contributed by atoms with Crippen molar-refractivity contribution in [3.63, 3.8) is 0 Å². The number of hydrogen-bond acceptors (Lipinski definition) is 4. The molecule has 2 rings (SSSR count). The smallest absolute Gasteiger partial charge is 0.255 e. The van der Waals surface area contributed by atoms with Crippen molar-refractivity contribution in [1.29, 1.82) is 0 Å². The Morgan fingerprint density at radius 1 is 1.58 bits per heavy atom. The molecule has 6 heteroatoms. The second-order valence-electron chi connectivity index (χ2n) is 4.80. The Morgan fingerprint density at radius 3 is 2.89 bits per heavy atom. The van der Waals surface area contributed by atoms with Crippen LogP contribution in [0.3, 0.4) is 0 Å². The second-order valence-corrected chi connectivity index (χ2v) is 4.80. The molecule has 0 aromatic carbocycles. The molecule has 1 unspecified atom stereocenters. The summed E-state index contributed by atoms with van der Waals surface area (Å²) in [5.41, 5.74) is 7.80. The first-order valence-corrected chi connectivity index (χ1v) is 6.22. The summed E-state index contributed by atoms with van der Waals surface area (Å²) in [6, 6.07) is 1.84. The van der Waals surface area contributed by atoms with Crippen LogP contribution < -0.4 is 5.73 Å². The van der Waals surface area contributed by atoms with Gasteiger partial charge in [0.1, 0.15) is 0 Å². The maximum absolute atomic E-state index is 12.3. The molecule has 0 bridgehead atoms. The van der Waals surface area contributed by atoms with E-state index in [4.69, 9.17) is 5.73 Å². The third kappa shape index (κ3) is 2.31. The van der Waals surface area contributed by atoms with Gasteiger partial charge in [0.25, 0.3) is 5.91 Å². The number of aryl methyl sites for hydroxylation is 2. The zero-order valence-electron chi connectivity index (χ0n) is 11.7. The van der Waals surface area contributed by atoms with Gasteiger partial charge in [-0.1, -0.05) is 0 Å². The molecule has 0 radical (unpaired) electrons. The maximum Gasteiger partial charge on any atom is 0.255 e. The standard InChI is InChI=1S/C13H19N5O/c1-8(6-14)17(3)13(19)10-5-11-9(2)16-18(4)12(11)15-7-10/h5,7-8H,6,14H2,1-4H3. The average Bonchev–Trinajstić information content (AvgIpc) is 2.71. The minimum atomic E-state index is -0.0735. The summed E-state index contributed by atoms with van der Waals surface area (Å²) >= 11 is 0. The van der Waals surface area contributed by atoms with E-state index in [2.05, 4.69) is 10.1 Å². The van der Waals surface area contributed by atoms with E-state index >= 15 is 0 Å². The van der Waals surface area contributed by atoms with Crippen LogP contribution in [0, 0.1) is 6.92 Å². The van der Waals surface area contributed by atoms with Crippen LogP contribution >= 0.6 is 0 Å². The molecule has 0 spiro atoms. The Kier molecular flexibility index (Phi) is 3.53. The third-order valence-electron chi connectivity index (χ3n) is 3.43. The first-order valence-electron chi connectivity index (χ1n) is 6.22. The number of rotatable bonds is 3. The number of pyridine rings is 1. The summed E-state index contributed by atoms with van der Waals surface area (Å²) in [4.78, 5) is 18.3. The summed E-state index contributed by atoms with van der Waals surface area (Å²) in [7, 11) is 3.59. The van der Waals surface area contributed by atoms with Crippen molar-refractivity contribution in [1.82, 2.24) is 19.7 Å². The van der Waals surface area contributed by atoms with Crippen LogP contribution in [-0.4, -0.2) is 45.2 Å². The quantitative estimate of drug-likeness (QED) is 0.882. The lowest BCUT2D eigenvalue weighted by molar-refractivity contribution is 0.0748. The van der Waals surface area contributed by atoms with E-state index in [0.29, 0.717) is 12.1 Å². The Bertz CT molecular complexity index is 619. The molecule has 0 saturated carbocycles. The maximum atomic E-state index is 12.3. The number of likely N-dealkylation sites (N-methyl/N-ethyl adjacent to an activating group) is 1. The number of aromatic nitrogens is 3. The third-order valence-corrected chi connectivity index (χ3v) is 3.43. The van der Waals surface area contributed by atoms with Crippen LogP contribution in [-0.2, 0) is 7.05 Å². The van der Waals surface area contributed by atoms with Gasteiger partial charge in [-0.15, -0.1) is 0 Å². The number of nitrogens with two attached hydrogens (primary N) is 1. The molecule has 2 heterocycles. The monoisotopic (exact) mass is 261 g/mol. The van der Waals surface area contributed by atoms with Crippen LogP contribution in [0.1, 0.15) is 23.0 Å². The number of nitrogens with zero attached hydrogens (tertiary/aromatic N) is 4. The molecule has 102 valence electrons. The van der Waals surface area contributed by atoms with E-state index in [1.54, 1.807) is 22.8 Å². The van der Waals surface area contributed by atoms with Gasteiger partial charge in [-0.05, 0) is 19.9 Å². The highest BCUT2D eigenvalue weighted by Gasteiger charge is 2.18. The topological polar surface area (TPSA) is 77.0 Å². The van der Waals surface area contributed by atoms with Crippen LogP contribution in [0.5, 0.6) is 0 Å². The van der Waals surface area contributed by atoms with Gasteiger partial charge < -0.3 is 10.6 Å². The molecule has 19 heavy (non-hydrogen) atoms. The fourth-order valence-electron chi connectivity index (χ4n) is 1.99. The van der Waals surface area contributed by atoms with Crippen LogP contribution in [0.25, 0.3) is 11.0 Å². The number of hydrogen-bond donors (Lipinski definition) is 1. The van der Waals surface area contributed by atoms with Crippen molar-refractivity contribution < 1.29 is 4.79 Å². The summed E-state index contributed by atoms with van der Waals surface area (Å²) in [5.74, 6) is -0.0735. The van der Waals surface area contributed by atoms with E-state index in [1.807, 2.05) is 27.0 Å². The lowest BCUT2D eigenvalue weighted by atomic mass is 10.1. The predicted octanol–water partition coefficient (Wildman–Crippen LogP) is 0.696. The number of carbonyl (C=O) groups excluding carboxylic acids is 1. The Hall–Kier alpha value is -1.95. The normalized spacial score (nSPS) is 12.7. The molecule has 1 atom stereocenters. The lowest BCUT2D eigenvalue weighted by Gasteiger charge is -2.23. The zero-order valence-corrected chi connectivity index (χ0v) is 11.7. The van der Waals surface area contributed by atoms with Gasteiger partial charge in [-0.25, -0.2) is 4.98 Å². The molecule has 1 amide bonds. The Labute approximate surface area is 112 Å². The van der Waals surface area contributed by atoms with E-state index in [9.17, 15) is 4.79 Å². The molecule has 2 N–H and O–H groups in total. The van der Waals surface area contributed by atoms with Crippen molar-refractivity contribution in [2.45, 2.75) is 19.9 Å². The molecule has 0 fully saturated rings. The minimum absolute atomic E-state index is 0.00167. The summed E-state index contributed by atoms with van der Waals surface area (Å²) in [5, 5.41) is 5.20. The van der Waals surface area contributed by atoms with Gasteiger partial charge in [0, 0.05) is 38.3 Å². The Balaban J connectivity index is 2.41. The van der Waals surface area contributed by atoms with Gasteiger partial charge in [-0.2, -0.15) is 5.10 Å². The predicted molar refractivity (Wildman–Crippen MR) is 73.9 cm³/mol. The van der Waals surface area contributed by atoms with Crippen LogP contribution in [0.4, 0.5) is 0 Å². The molecular formula is C13H19N5O. The molecule has 0 aliphatic heterocycles. The molecule has 0 aliphatic rings. The highest BCUT2D eigenvalue weighted by atomic mass is 16.2. The number of fused-ring (bicyclic) bond motifs is 1. The highest BCUT2D eigenvalue weighted by Crippen LogP contribution is 2.17. The largest absolute Gasteiger partial charge is 0.338 e. The molecular weight excluding hydrogens is 242 g/mol. The van der Waals surface area contributed by atoms with Gasteiger partial charge >= 0.3 is 0 Å². The lowest BCUT2D eigenvalue weighted by Crippen LogP contribution is -2.39. The summed E-state index contributed by atoms with van der Waals surface area (Å²) in [6.07, 6.45) is 1.59. The van der Waals surface area contributed by atoms with E-state index in [1.165, 1.54) is 0 Å². The molecule has 2 aromatic heterocycles.